The lowest BCUT2D eigenvalue weighted by Gasteiger charge is -2.07. The first-order chi connectivity index (χ1) is 8.56. The Morgan fingerprint density at radius 2 is 2.11 bits per heavy atom. The molecule has 0 radical (unpaired) electrons. The number of benzene rings is 1. The Morgan fingerprint density at radius 1 is 1.33 bits per heavy atom. The molecule has 1 aromatic heterocycles. The summed E-state index contributed by atoms with van der Waals surface area (Å²) in [6, 6.07) is 8.91. The van der Waals surface area contributed by atoms with Crippen molar-refractivity contribution in [2.45, 2.75) is 6.92 Å². The first-order valence-corrected chi connectivity index (χ1v) is 5.64. The van der Waals surface area contributed by atoms with E-state index in [2.05, 4.69) is 10.3 Å². The van der Waals surface area contributed by atoms with Crippen molar-refractivity contribution in [3.63, 3.8) is 0 Å². The van der Waals surface area contributed by atoms with Gasteiger partial charge in [0, 0.05) is 5.69 Å². The van der Waals surface area contributed by atoms with Gasteiger partial charge in [0.2, 0.25) is 0 Å². The predicted octanol–water partition coefficient (Wildman–Crippen LogP) is 3.43. The highest BCUT2D eigenvalue weighted by Gasteiger charge is 2.10. The molecule has 1 amide bonds. The summed E-state index contributed by atoms with van der Waals surface area (Å²) in [7, 11) is 0. The summed E-state index contributed by atoms with van der Waals surface area (Å²) in [4.78, 5) is 16.0. The Balaban J connectivity index is 2.21. The van der Waals surface area contributed by atoms with Crippen LogP contribution >= 0.6 is 11.6 Å². The van der Waals surface area contributed by atoms with Gasteiger partial charge in [-0.15, -0.1) is 0 Å². The van der Waals surface area contributed by atoms with E-state index in [0.29, 0.717) is 5.69 Å². The van der Waals surface area contributed by atoms with E-state index < -0.39 is 5.82 Å². The van der Waals surface area contributed by atoms with E-state index in [1.807, 2.05) is 0 Å². The third-order valence-corrected chi connectivity index (χ3v) is 2.61. The lowest BCUT2D eigenvalue weighted by atomic mass is 10.2. The number of carbonyl (C=O) groups excluding carboxylic acids is 1. The summed E-state index contributed by atoms with van der Waals surface area (Å²) < 4.78 is 12.9. The summed E-state index contributed by atoms with van der Waals surface area (Å²) in [5.74, 6) is -0.834. The first kappa shape index (κ1) is 12.5. The molecule has 5 heteroatoms. The molecule has 2 rings (SSSR count). The number of anilines is 1. The van der Waals surface area contributed by atoms with Gasteiger partial charge in [-0.2, -0.15) is 0 Å². The molecule has 18 heavy (non-hydrogen) atoms. The smallest absolute Gasteiger partial charge is 0.274 e. The number of nitrogens with zero attached hydrogens (tertiary/aromatic N) is 1. The minimum Gasteiger partial charge on any atom is -0.319 e. The van der Waals surface area contributed by atoms with Crippen LogP contribution in [0.25, 0.3) is 0 Å². The van der Waals surface area contributed by atoms with Gasteiger partial charge < -0.3 is 5.32 Å². The molecule has 1 aromatic carbocycles. The quantitative estimate of drug-likeness (QED) is 0.903. The second kappa shape index (κ2) is 5.14. The molecule has 1 N–H and O–H groups in total. The number of amides is 1. The average Bonchev–Trinajstić information content (AvgIpc) is 2.32. The van der Waals surface area contributed by atoms with Crippen LogP contribution in [-0.4, -0.2) is 10.9 Å². The lowest BCUT2D eigenvalue weighted by molar-refractivity contribution is 0.102. The van der Waals surface area contributed by atoms with Crippen LogP contribution in [0.1, 0.15) is 16.2 Å². The van der Waals surface area contributed by atoms with E-state index in [-0.39, 0.29) is 16.6 Å². The number of nitrogens with one attached hydrogen (secondary N) is 1. The maximum atomic E-state index is 12.9. The van der Waals surface area contributed by atoms with Gasteiger partial charge in [-0.3, -0.25) is 4.79 Å². The van der Waals surface area contributed by atoms with Crippen LogP contribution in [0.15, 0.2) is 36.4 Å². The summed E-state index contributed by atoms with van der Waals surface area (Å²) >= 11 is 5.82. The Hall–Kier alpha value is -1.94. The highest BCUT2D eigenvalue weighted by Crippen LogP contribution is 2.22. The minimum atomic E-state index is -0.452. The number of hydrogen-bond acceptors (Lipinski definition) is 2. The molecular weight excluding hydrogens is 255 g/mol. The summed E-state index contributed by atoms with van der Waals surface area (Å²) in [5, 5.41) is 2.73. The van der Waals surface area contributed by atoms with Crippen LogP contribution in [0.5, 0.6) is 0 Å². The fourth-order valence-corrected chi connectivity index (χ4v) is 1.66. The molecule has 0 atom stereocenters. The number of halogens is 2. The van der Waals surface area contributed by atoms with Gasteiger partial charge in [0.1, 0.15) is 11.5 Å². The number of aromatic nitrogens is 1. The minimum absolute atomic E-state index is 0.149. The molecule has 0 fully saturated rings. The van der Waals surface area contributed by atoms with E-state index in [0.717, 1.165) is 11.8 Å². The van der Waals surface area contributed by atoms with Gasteiger partial charge in [-0.1, -0.05) is 17.7 Å². The zero-order chi connectivity index (χ0) is 13.1. The number of aryl methyl sites for hydroxylation is 1. The fraction of sp³-hybridized carbons (Fsp3) is 0.0769. The summed E-state index contributed by atoms with van der Waals surface area (Å²) in [5.41, 5.74) is 1.38. The SMILES string of the molecule is Cc1cccc(C(=O)Nc2ccc(F)cc2Cl)n1. The van der Waals surface area contributed by atoms with Gasteiger partial charge in [0.25, 0.3) is 5.91 Å². The number of rotatable bonds is 2. The number of pyridine rings is 1. The maximum Gasteiger partial charge on any atom is 0.274 e. The molecule has 0 bridgehead atoms. The van der Waals surface area contributed by atoms with Crippen molar-refractivity contribution < 1.29 is 9.18 Å². The molecule has 0 unspecified atom stereocenters. The van der Waals surface area contributed by atoms with Crippen molar-refractivity contribution >= 4 is 23.2 Å². The average molecular weight is 265 g/mol. The molecule has 0 saturated heterocycles. The molecule has 1 heterocycles. The van der Waals surface area contributed by atoms with Gasteiger partial charge in [0.05, 0.1) is 10.7 Å². The van der Waals surface area contributed by atoms with Crippen molar-refractivity contribution in [1.29, 1.82) is 0 Å². The predicted molar refractivity (Wildman–Crippen MR) is 68.3 cm³/mol. The lowest BCUT2D eigenvalue weighted by Crippen LogP contribution is -2.14. The Labute approximate surface area is 109 Å². The second-order valence-electron chi connectivity index (χ2n) is 3.74. The van der Waals surface area contributed by atoms with Gasteiger partial charge >= 0.3 is 0 Å². The Kier molecular flexibility index (Phi) is 3.58. The Bertz CT molecular complexity index is 601. The molecule has 92 valence electrons. The largest absolute Gasteiger partial charge is 0.319 e. The summed E-state index contributed by atoms with van der Waals surface area (Å²) in [6.07, 6.45) is 0. The van der Waals surface area contributed by atoms with E-state index in [4.69, 9.17) is 11.6 Å². The molecule has 0 aliphatic rings. The zero-order valence-corrected chi connectivity index (χ0v) is 10.3. The van der Waals surface area contributed by atoms with Crippen LogP contribution in [-0.2, 0) is 0 Å². The zero-order valence-electron chi connectivity index (χ0n) is 9.58. The second-order valence-corrected chi connectivity index (χ2v) is 4.15. The topological polar surface area (TPSA) is 42.0 Å². The van der Waals surface area contributed by atoms with E-state index >= 15 is 0 Å². The van der Waals surface area contributed by atoms with Crippen molar-refractivity contribution in [2.24, 2.45) is 0 Å². The molecule has 0 saturated carbocycles. The molecule has 2 aromatic rings. The van der Waals surface area contributed by atoms with Crippen molar-refractivity contribution in [2.75, 3.05) is 5.32 Å². The number of hydrogen-bond donors (Lipinski definition) is 1. The molecular formula is C13H10ClFN2O. The van der Waals surface area contributed by atoms with Gasteiger partial charge in [-0.25, -0.2) is 9.37 Å². The summed E-state index contributed by atoms with van der Waals surface area (Å²) in [6.45, 7) is 1.79. The third kappa shape index (κ3) is 2.84. The molecule has 0 aliphatic heterocycles. The van der Waals surface area contributed by atoms with E-state index in [9.17, 15) is 9.18 Å². The molecule has 3 nitrogen and oxygen atoms in total. The molecule has 0 aliphatic carbocycles. The third-order valence-electron chi connectivity index (χ3n) is 2.30. The van der Waals surface area contributed by atoms with Crippen molar-refractivity contribution in [1.82, 2.24) is 4.98 Å². The monoisotopic (exact) mass is 264 g/mol. The number of carbonyl (C=O) groups is 1. The van der Waals surface area contributed by atoms with Crippen molar-refractivity contribution in [3.8, 4) is 0 Å². The van der Waals surface area contributed by atoms with Crippen molar-refractivity contribution in [3.05, 3.63) is 58.6 Å². The van der Waals surface area contributed by atoms with Crippen LogP contribution < -0.4 is 5.32 Å². The van der Waals surface area contributed by atoms with E-state index in [1.165, 1.54) is 12.1 Å². The van der Waals surface area contributed by atoms with Gasteiger partial charge in [-0.05, 0) is 37.3 Å². The fourth-order valence-electron chi connectivity index (χ4n) is 1.45. The first-order valence-electron chi connectivity index (χ1n) is 5.26. The normalized spacial score (nSPS) is 10.2. The highest BCUT2D eigenvalue weighted by atomic mass is 35.5. The van der Waals surface area contributed by atoms with Gasteiger partial charge in [0.15, 0.2) is 0 Å². The van der Waals surface area contributed by atoms with E-state index in [1.54, 1.807) is 25.1 Å². The highest BCUT2D eigenvalue weighted by molar-refractivity contribution is 6.33. The standard InChI is InChI=1S/C13H10ClFN2O/c1-8-3-2-4-12(16-8)13(18)17-11-6-5-9(15)7-10(11)14/h2-7H,1H3,(H,17,18). The molecule has 0 spiro atoms. The van der Waals surface area contributed by atoms with Crippen LogP contribution in [0, 0.1) is 12.7 Å². The van der Waals surface area contributed by atoms with Crippen LogP contribution in [0.2, 0.25) is 5.02 Å². The van der Waals surface area contributed by atoms with Crippen LogP contribution in [0.3, 0.4) is 0 Å². The van der Waals surface area contributed by atoms with Crippen LogP contribution in [0.4, 0.5) is 10.1 Å². The maximum absolute atomic E-state index is 12.9. The Morgan fingerprint density at radius 3 is 2.78 bits per heavy atom.